The van der Waals surface area contributed by atoms with Crippen LogP contribution in [-0.4, -0.2) is 22.0 Å². The molecule has 4 N–H and O–H groups in total. The second-order valence-electron chi connectivity index (χ2n) is 3.77. The van der Waals surface area contributed by atoms with Crippen molar-refractivity contribution in [1.29, 1.82) is 5.41 Å². The summed E-state index contributed by atoms with van der Waals surface area (Å²) in [5.41, 5.74) is 6.72. The van der Waals surface area contributed by atoms with Gasteiger partial charge in [-0.3, -0.25) is 15.3 Å². The molecule has 0 atom stereocenters. The molecule has 6 nitrogen and oxygen atoms in total. The van der Waals surface area contributed by atoms with E-state index < -0.39 is 0 Å². The van der Waals surface area contributed by atoms with E-state index >= 15 is 0 Å². The number of para-hydroxylation sites is 1. The van der Waals surface area contributed by atoms with Crippen molar-refractivity contribution in [3.05, 3.63) is 51.9 Å². The zero-order valence-electron chi connectivity index (χ0n) is 9.84. The fraction of sp³-hybridized carbons (Fsp3) is 0.0833. The molecule has 6 heteroatoms. The second-order valence-corrected chi connectivity index (χ2v) is 3.77. The Hall–Kier alpha value is -2.63. The summed E-state index contributed by atoms with van der Waals surface area (Å²) in [7, 11) is 0. The Labute approximate surface area is 103 Å². The van der Waals surface area contributed by atoms with Gasteiger partial charge in [0.1, 0.15) is 0 Å². The summed E-state index contributed by atoms with van der Waals surface area (Å²) in [6, 6.07) is 9.22. The lowest BCUT2D eigenvalue weighted by molar-refractivity contribution is 0.835. The highest BCUT2D eigenvalue weighted by Crippen LogP contribution is 2.05. The molecule has 1 aromatic carbocycles. The van der Waals surface area contributed by atoms with Gasteiger partial charge in [0, 0.05) is 11.9 Å². The first-order valence-electron chi connectivity index (χ1n) is 5.34. The van der Waals surface area contributed by atoms with Gasteiger partial charge >= 0.3 is 0 Å². The fourth-order valence-electron chi connectivity index (χ4n) is 1.60. The minimum absolute atomic E-state index is 0.219. The molecule has 92 valence electrons. The maximum Gasteiger partial charge on any atom is 0.280 e. The Morgan fingerprint density at radius 3 is 2.72 bits per heavy atom. The predicted molar refractivity (Wildman–Crippen MR) is 70.6 cm³/mol. The second kappa shape index (κ2) is 4.70. The van der Waals surface area contributed by atoms with E-state index in [1.165, 1.54) is 10.9 Å². The summed E-state index contributed by atoms with van der Waals surface area (Å²) in [5, 5.41) is 9.97. The minimum Gasteiger partial charge on any atom is -0.368 e. The predicted octanol–water partition coefficient (Wildman–Crippen LogP) is 0.786. The number of hydrogen-bond donors (Lipinski definition) is 3. The Bertz CT molecular complexity index is 651. The normalized spacial score (nSPS) is 10.9. The summed E-state index contributed by atoms with van der Waals surface area (Å²) in [6.45, 7) is 1.77. The number of benzene rings is 1. The largest absolute Gasteiger partial charge is 0.368 e. The lowest BCUT2D eigenvalue weighted by Gasteiger charge is -1.99. The molecule has 1 aromatic heterocycles. The van der Waals surface area contributed by atoms with E-state index in [2.05, 4.69) is 10.1 Å². The van der Waals surface area contributed by atoms with E-state index in [9.17, 15) is 4.79 Å². The molecule has 18 heavy (non-hydrogen) atoms. The molecule has 1 heterocycles. The zero-order valence-corrected chi connectivity index (χ0v) is 9.84. The molecule has 0 spiro atoms. The monoisotopic (exact) mass is 243 g/mol. The summed E-state index contributed by atoms with van der Waals surface area (Å²) in [4.78, 5) is 15.8. The molecule has 0 aliphatic heterocycles. The third-order valence-electron chi connectivity index (χ3n) is 2.46. The molecule has 0 aliphatic carbocycles. The number of aryl methyl sites for hydroxylation is 1. The number of aliphatic imine (C=N–C) groups is 1. The van der Waals surface area contributed by atoms with Crippen LogP contribution < -0.4 is 11.3 Å². The SMILES string of the molecule is Cc1[nH]n(-c2ccccc2)c(=O)c1C=NC(=N)N. The average Bonchev–Trinajstić information content (AvgIpc) is 2.63. The standard InChI is InChI=1S/C12H13N5O/c1-8-10(7-15-12(13)14)11(18)17(16-8)9-5-3-2-4-6-9/h2-7,16H,1H3,(H3,13,14). The number of aromatic nitrogens is 2. The molecule has 0 fully saturated rings. The minimum atomic E-state index is -0.332. The lowest BCUT2D eigenvalue weighted by atomic mass is 10.3. The van der Waals surface area contributed by atoms with Crippen molar-refractivity contribution >= 4 is 12.2 Å². The van der Waals surface area contributed by atoms with Gasteiger partial charge in [-0.25, -0.2) is 9.67 Å². The van der Waals surface area contributed by atoms with Gasteiger partial charge in [-0.15, -0.1) is 0 Å². The summed E-state index contributed by atoms with van der Waals surface area (Å²) in [5.74, 6) is -0.332. The van der Waals surface area contributed by atoms with Crippen LogP contribution in [0, 0.1) is 12.3 Å². The number of guanidine groups is 1. The Balaban J connectivity index is 2.51. The van der Waals surface area contributed by atoms with Gasteiger partial charge in [0.15, 0.2) is 0 Å². The number of rotatable bonds is 2. The molecule has 2 aromatic rings. The first-order chi connectivity index (χ1) is 8.59. The van der Waals surface area contributed by atoms with E-state index in [1.807, 2.05) is 30.3 Å². The van der Waals surface area contributed by atoms with Crippen LogP contribution in [-0.2, 0) is 0 Å². The smallest absolute Gasteiger partial charge is 0.280 e. The first kappa shape index (κ1) is 11.8. The molecule has 0 saturated heterocycles. The molecule has 0 aliphatic rings. The number of aromatic amines is 1. The van der Waals surface area contributed by atoms with Crippen LogP contribution in [0.1, 0.15) is 11.3 Å². The highest BCUT2D eigenvalue weighted by Gasteiger charge is 2.10. The molecule has 0 bridgehead atoms. The quantitative estimate of drug-likeness (QED) is 0.536. The van der Waals surface area contributed by atoms with Crippen LogP contribution >= 0.6 is 0 Å². The van der Waals surface area contributed by atoms with Crippen LogP contribution in [0.4, 0.5) is 0 Å². The maximum absolute atomic E-state index is 12.1. The fourth-order valence-corrected chi connectivity index (χ4v) is 1.60. The Morgan fingerprint density at radius 1 is 1.44 bits per heavy atom. The third kappa shape index (κ3) is 2.22. The molecule has 2 rings (SSSR count). The number of nitrogens with one attached hydrogen (secondary N) is 2. The topological polar surface area (TPSA) is 100 Å². The highest BCUT2D eigenvalue weighted by atomic mass is 16.1. The van der Waals surface area contributed by atoms with Crippen LogP contribution in [0.15, 0.2) is 40.1 Å². The van der Waals surface area contributed by atoms with E-state index in [-0.39, 0.29) is 11.5 Å². The number of hydrogen-bond acceptors (Lipinski definition) is 2. The van der Waals surface area contributed by atoms with Gasteiger partial charge in [0.2, 0.25) is 5.96 Å². The van der Waals surface area contributed by atoms with Gasteiger partial charge < -0.3 is 5.73 Å². The first-order valence-corrected chi connectivity index (χ1v) is 5.34. The van der Waals surface area contributed by atoms with Gasteiger partial charge in [-0.1, -0.05) is 18.2 Å². The Kier molecular flexibility index (Phi) is 3.09. The number of nitrogens with zero attached hydrogens (tertiary/aromatic N) is 2. The van der Waals surface area contributed by atoms with Crippen molar-refractivity contribution in [3.8, 4) is 5.69 Å². The Morgan fingerprint density at radius 2 is 2.11 bits per heavy atom. The molecule has 0 amide bonds. The van der Waals surface area contributed by atoms with Crippen molar-refractivity contribution in [1.82, 2.24) is 9.78 Å². The van der Waals surface area contributed by atoms with Crippen LogP contribution in [0.3, 0.4) is 0 Å². The van der Waals surface area contributed by atoms with Crippen molar-refractivity contribution in [2.75, 3.05) is 0 Å². The van der Waals surface area contributed by atoms with Gasteiger partial charge in [-0.05, 0) is 19.1 Å². The zero-order chi connectivity index (χ0) is 13.1. The van der Waals surface area contributed by atoms with Gasteiger partial charge in [0.05, 0.1) is 11.3 Å². The van der Waals surface area contributed by atoms with Crippen LogP contribution in [0.25, 0.3) is 5.69 Å². The molecule has 0 unspecified atom stereocenters. The summed E-state index contributed by atoms with van der Waals surface area (Å²) >= 11 is 0. The number of nitrogens with two attached hydrogens (primary N) is 1. The van der Waals surface area contributed by atoms with E-state index in [1.54, 1.807) is 6.92 Å². The van der Waals surface area contributed by atoms with Crippen molar-refractivity contribution in [2.45, 2.75) is 6.92 Å². The van der Waals surface area contributed by atoms with E-state index in [4.69, 9.17) is 11.1 Å². The molecule has 0 saturated carbocycles. The van der Waals surface area contributed by atoms with E-state index in [0.29, 0.717) is 11.3 Å². The van der Waals surface area contributed by atoms with Crippen molar-refractivity contribution < 1.29 is 0 Å². The average molecular weight is 243 g/mol. The lowest BCUT2D eigenvalue weighted by Crippen LogP contribution is -2.17. The summed E-state index contributed by atoms with van der Waals surface area (Å²) in [6.07, 6.45) is 1.30. The van der Waals surface area contributed by atoms with E-state index in [0.717, 1.165) is 5.69 Å². The number of H-pyrrole nitrogens is 1. The molecular formula is C12H13N5O. The summed E-state index contributed by atoms with van der Waals surface area (Å²) < 4.78 is 1.43. The third-order valence-corrected chi connectivity index (χ3v) is 2.46. The maximum atomic E-state index is 12.1. The van der Waals surface area contributed by atoms with Crippen LogP contribution in [0.2, 0.25) is 0 Å². The van der Waals surface area contributed by atoms with Crippen molar-refractivity contribution in [2.24, 2.45) is 10.7 Å². The highest BCUT2D eigenvalue weighted by molar-refractivity contribution is 5.91. The van der Waals surface area contributed by atoms with Crippen LogP contribution in [0.5, 0.6) is 0 Å². The van der Waals surface area contributed by atoms with Gasteiger partial charge in [-0.2, -0.15) is 0 Å². The van der Waals surface area contributed by atoms with Gasteiger partial charge in [0.25, 0.3) is 5.56 Å². The molecule has 0 radical (unpaired) electrons. The van der Waals surface area contributed by atoms with Crippen molar-refractivity contribution in [3.63, 3.8) is 0 Å². The molecular weight excluding hydrogens is 230 g/mol.